The molecule has 1 aliphatic heterocycles. The van der Waals surface area contributed by atoms with Crippen LogP contribution in [0.2, 0.25) is 0 Å². The topological polar surface area (TPSA) is 72.3 Å². The van der Waals surface area contributed by atoms with Crippen LogP contribution in [0.15, 0.2) is 0 Å². The van der Waals surface area contributed by atoms with Crippen LogP contribution in [-0.4, -0.2) is 35.5 Å². The van der Waals surface area contributed by atoms with E-state index in [4.69, 9.17) is 11.5 Å². The molecule has 4 heteroatoms. The van der Waals surface area contributed by atoms with E-state index < -0.39 is 11.4 Å². The van der Waals surface area contributed by atoms with E-state index in [0.717, 1.165) is 18.5 Å². The Morgan fingerprint density at radius 1 is 1.35 bits per heavy atom. The highest BCUT2D eigenvalue weighted by atomic mass is 16.1. The Bertz CT molecular complexity index is 290. The van der Waals surface area contributed by atoms with Crippen molar-refractivity contribution in [2.75, 3.05) is 13.1 Å². The fourth-order valence-electron chi connectivity index (χ4n) is 3.28. The monoisotopic (exact) mass is 239 g/mol. The molecule has 0 radical (unpaired) electrons. The van der Waals surface area contributed by atoms with Gasteiger partial charge in [0.25, 0.3) is 0 Å². The predicted molar refractivity (Wildman–Crippen MR) is 68.3 cm³/mol. The summed E-state index contributed by atoms with van der Waals surface area (Å²) < 4.78 is 0. The normalized spacial score (nSPS) is 33.1. The third kappa shape index (κ3) is 2.80. The third-order valence-corrected chi connectivity index (χ3v) is 4.61. The van der Waals surface area contributed by atoms with Crippen molar-refractivity contribution in [1.82, 2.24) is 4.90 Å². The molecule has 2 fully saturated rings. The Hall–Kier alpha value is -0.610. The Morgan fingerprint density at radius 2 is 2.06 bits per heavy atom. The SMILES string of the molecule is CC(N)(CCN1CCC2CCCCC21)C(N)=O. The van der Waals surface area contributed by atoms with E-state index in [9.17, 15) is 4.79 Å². The number of nitrogens with two attached hydrogens (primary N) is 2. The standard InChI is InChI=1S/C13H25N3O/c1-13(15,12(14)17)7-9-16-8-6-10-4-2-3-5-11(10)16/h10-11H,2-9,15H2,1H3,(H2,14,17). The van der Waals surface area contributed by atoms with E-state index in [1.807, 2.05) is 0 Å². The molecule has 3 atom stereocenters. The Balaban J connectivity index is 1.86. The summed E-state index contributed by atoms with van der Waals surface area (Å²) >= 11 is 0. The zero-order chi connectivity index (χ0) is 12.5. The molecule has 4 nitrogen and oxygen atoms in total. The molecule has 1 saturated heterocycles. The average molecular weight is 239 g/mol. The lowest BCUT2D eigenvalue weighted by molar-refractivity contribution is -0.122. The van der Waals surface area contributed by atoms with Crippen molar-refractivity contribution in [2.24, 2.45) is 17.4 Å². The van der Waals surface area contributed by atoms with Gasteiger partial charge in [0.15, 0.2) is 0 Å². The summed E-state index contributed by atoms with van der Waals surface area (Å²) in [5, 5.41) is 0. The second-order valence-corrected chi connectivity index (χ2v) is 5.97. The number of carbonyl (C=O) groups excluding carboxylic acids is 1. The van der Waals surface area contributed by atoms with Crippen LogP contribution in [0.1, 0.15) is 45.4 Å². The molecule has 0 aromatic heterocycles. The van der Waals surface area contributed by atoms with Crippen LogP contribution in [0.25, 0.3) is 0 Å². The van der Waals surface area contributed by atoms with Gasteiger partial charge in [-0.2, -0.15) is 0 Å². The van der Waals surface area contributed by atoms with E-state index >= 15 is 0 Å². The first kappa shape index (κ1) is 12.8. The average Bonchev–Trinajstić information content (AvgIpc) is 2.69. The first-order chi connectivity index (χ1) is 8.00. The van der Waals surface area contributed by atoms with Crippen molar-refractivity contribution in [3.63, 3.8) is 0 Å². The van der Waals surface area contributed by atoms with Gasteiger partial charge in [-0.1, -0.05) is 12.8 Å². The van der Waals surface area contributed by atoms with E-state index in [0.29, 0.717) is 6.42 Å². The van der Waals surface area contributed by atoms with Gasteiger partial charge in [0, 0.05) is 12.6 Å². The van der Waals surface area contributed by atoms with Gasteiger partial charge in [0.2, 0.25) is 5.91 Å². The van der Waals surface area contributed by atoms with E-state index in [2.05, 4.69) is 4.90 Å². The number of primary amides is 1. The lowest BCUT2D eigenvalue weighted by Crippen LogP contribution is -2.51. The van der Waals surface area contributed by atoms with Gasteiger partial charge in [-0.05, 0) is 45.1 Å². The third-order valence-electron chi connectivity index (χ3n) is 4.61. The van der Waals surface area contributed by atoms with Crippen LogP contribution in [-0.2, 0) is 4.79 Å². The maximum absolute atomic E-state index is 11.2. The zero-order valence-corrected chi connectivity index (χ0v) is 10.8. The lowest BCUT2D eigenvalue weighted by Gasteiger charge is -2.33. The number of nitrogens with zero attached hydrogens (tertiary/aromatic N) is 1. The second kappa shape index (κ2) is 4.94. The van der Waals surface area contributed by atoms with Crippen LogP contribution >= 0.6 is 0 Å². The van der Waals surface area contributed by atoms with Crippen LogP contribution in [0.5, 0.6) is 0 Å². The summed E-state index contributed by atoms with van der Waals surface area (Å²) in [6.45, 7) is 3.82. The zero-order valence-electron chi connectivity index (χ0n) is 10.8. The van der Waals surface area contributed by atoms with Crippen LogP contribution in [0.4, 0.5) is 0 Å². The summed E-state index contributed by atoms with van der Waals surface area (Å²) in [6.07, 6.45) is 7.45. The molecule has 1 heterocycles. The molecule has 1 aliphatic carbocycles. The van der Waals surface area contributed by atoms with Gasteiger partial charge in [0.1, 0.15) is 0 Å². The second-order valence-electron chi connectivity index (χ2n) is 5.97. The van der Waals surface area contributed by atoms with Crippen molar-refractivity contribution >= 4 is 5.91 Å². The Labute approximate surface area is 104 Å². The number of hydrogen-bond acceptors (Lipinski definition) is 3. The molecule has 3 unspecified atom stereocenters. The number of fused-ring (bicyclic) bond motifs is 1. The Morgan fingerprint density at radius 3 is 2.76 bits per heavy atom. The molecule has 98 valence electrons. The highest BCUT2D eigenvalue weighted by Gasteiger charge is 2.36. The number of carbonyl (C=O) groups is 1. The summed E-state index contributed by atoms with van der Waals surface area (Å²) in [5.74, 6) is 0.498. The molecule has 0 spiro atoms. The smallest absolute Gasteiger partial charge is 0.237 e. The van der Waals surface area contributed by atoms with Gasteiger partial charge in [-0.3, -0.25) is 4.79 Å². The highest BCUT2D eigenvalue weighted by Crippen LogP contribution is 2.36. The molecule has 17 heavy (non-hydrogen) atoms. The molecule has 1 amide bonds. The first-order valence-corrected chi connectivity index (χ1v) is 6.83. The summed E-state index contributed by atoms with van der Waals surface area (Å²) in [7, 11) is 0. The van der Waals surface area contributed by atoms with Crippen LogP contribution in [0, 0.1) is 5.92 Å². The van der Waals surface area contributed by atoms with Crippen molar-refractivity contribution in [3.8, 4) is 0 Å². The van der Waals surface area contributed by atoms with Gasteiger partial charge in [-0.15, -0.1) is 0 Å². The summed E-state index contributed by atoms with van der Waals surface area (Å²) in [4.78, 5) is 13.7. The van der Waals surface area contributed by atoms with Crippen molar-refractivity contribution in [3.05, 3.63) is 0 Å². The fourth-order valence-corrected chi connectivity index (χ4v) is 3.28. The summed E-state index contributed by atoms with van der Waals surface area (Å²) in [6, 6.07) is 0.743. The van der Waals surface area contributed by atoms with E-state index in [1.165, 1.54) is 38.6 Å². The van der Waals surface area contributed by atoms with Gasteiger partial charge >= 0.3 is 0 Å². The quantitative estimate of drug-likeness (QED) is 0.763. The highest BCUT2D eigenvalue weighted by molar-refractivity contribution is 5.83. The Kier molecular flexibility index (Phi) is 3.73. The minimum atomic E-state index is -0.854. The predicted octanol–water partition coefficient (Wildman–Crippen LogP) is 0.844. The maximum Gasteiger partial charge on any atom is 0.237 e. The molecular formula is C13H25N3O. The van der Waals surface area contributed by atoms with Gasteiger partial charge in [0.05, 0.1) is 5.54 Å². The number of hydrogen-bond donors (Lipinski definition) is 2. The number of likely N-dealkylation sites (tertiary alicyclic amines) is 1. The molecule has 0 aromatic carbocycles. The molecule has 2 rings (SSSR count). The molecule has 2 aliphatic rings. The minimum absolute atomic E-state index is 0.392. The van der Waals surface area contributed by atoms with Crippen molar-refractivity contribution in [2.45, 2.75) is 57.0 Å². The van der Waals surface area contributed by atoms with Gasteiger partial charge < -0.3 is 16.4 Å². The van der Waals surface area contributed by atoms with Crippen molar-refractivity contribution < 1.29 is 4.79 Å². The molecule has 4 N–H and O–H groups in total. The van der Waals surface area contributed by atoms with E-state index in [-0.39, 0.29) is 0 Å². The van der Waals surface area contributed by atoms with Gasteiger partial charge in [-0.25, -0.2) is 0 Å². The summed E-state index contributed by atoms with van der Waals surface area (Å²) in [5.41, 5.74) is 10.4. The largest absolute Gasteiger partial charge is 0.368 e. The van der Waals surface area contributed by atoms with Crippen LogP contribution in [0.3, 0.4) is 0 Å². The molecule has 0 aromatic rings. The number of amides is 1. The van der Waals surface area contributed by atoms with E-state index in [1.54, 1.807) is 6.92 Å². The molecule has 1 saturated carbocycles. The first-order valence-electron chi connectivity index (χ1n) is 6.83. The lowest BCUT2D eigenvalue weighted by atomic mass is 9.85. The minimum Gasteiger partial charge on any atom is -0.368 e. The van der Waals surface area contributed by atoms with Crippen LogP contribution < -0.4 is 11.5 Å². The maximum atomic E-state index is 11.2. The fraction of sp³-hybridized carbons (Fsp3) is 0.923. The van der Waals surface area contributed by atoms with Crippen molar-refractivity contribution in [1.29, 1.82) is 0 Å². The number of rotatable bonds is 4. The molecular weight excluding hydrogens is 214 g/mol. The molecule has 0 bridgehead atoms.